The Bertz CT molecular complexity index is 860. The van der Waals surface area contributed by atoms with Gasteiger partial charge in [0.1, 0.15) is 0 Å². The van der Waals surface area contributed by atoms with Gasteiger partial charge in [-0.2, -0.15) is 11.6 Å². The van der Waals surface area contributed by atoms with E-state index in [1.54, 1.807) is 0 Å². The van der Waals surface area contributed by atoms with Crippen LogP contribution in [0.25, 0.3) is 16.7 Å². The average Bonchev–Trinajstić information content (AvgIpc) is 3.14. The third-order valence-corrected chi connectivity index (χ3v) is 4.48. The predicted molar refractivity (Wildman–Crippen MR) is 93.6 cm³/mol. The Labute approximate surface area is 194 Å². The summed E-state index contributed by atoms with van der Waals surface area (Å²) in [6, 6.07) is 13.3. The molecule has 2 aliphatic carbocycles. The molecule has 0 fully saturated rings. The van der Waals surface area contributed by atoms with Crippen LogP contribution in [0.3, 0.4) is 0 Å². The molecule has 132 valence electrons. The SMILES string of the molecule is CC(C)=[C-]c1c(C2=CC=CC2)ccc2c1Cc1ccccc1-2.[Cl-].[Cl-].[Cl-].[Zr+4]. The molecule has 0 amide bonds. The van der Waals surface area contributed by atoms with Crippen molar-refractivity contribution in [3.63, 3.8) is 0 Å². The summed E-state index contributed by atoms with van der Waals surface area (Å²) in [6.45, 7) is 4.26. The van der Waals surface area contributed by atoms with Crippen LogP contribution in [0.15, 0.2) is 60.2 Å². The Morgan fingerprint density at radius 2 is 1.58 bits per heavy atom. The van der Waals surface area contributed by atoms with E-state index in [0.29, 0.717) is 0 Å². The topological polar surface area (TPSA) is 0 Å². The Hall–Kier alpha value is -0.587. The summed E-state index contributed by atoms with van der Waals surface area (Å²) >= 11 is 0. The van der Waals surface area contributed by atoms with Crippen LogP contribution in [0.4, 0.5) is 0 Å². The summed E-state index contributed by atoms with van der Waals surface area (Å²) in [6.07, 6.45) is 12.3. The van der Waals surface area contributed by atoms with Gasteiger partial charge in [-0.3, -0.25) is 0 Å². The molecule has 2 aromatic rings. The quantitative estimate of drug-likeness (QED) is 0.338. The summed E-state index contributed by atoms with van der Waals surface area (Å²) in [5.74, 6) is 0. The summed E-state index contributed by atoms with van der Waals surface area (Å²) in [4.78, 5) is 0. The number of allylic oxidation sites excluding steroid dienone is 5. The van der Waals surface area contributed by atoms with E-state index < -0.39 is 0 Å². The van der Waals surface area contributed by atoms with E-state index >= 15 is 0 Å². The molecule has 0 atom stereocenters. The number of rotatable bonds is 2. The van der Waals surface area contributed by atoms with Gasteiger partial charge >= 0.3 is 26.2 Å². The van der Waals surface area contributed by atoms with Crippen molar-refractivity contribution in [2.75, 3.05) is 0 Å². The normalized spacial score (nSPS) is 12.3. The maximum absolute atomic E-state index is 3.63. The fourth-order valence-corrected chi connectivity index (χ4v) is 3.52. The van der Waals surface area contributed by atoms with Crippen molar-refractivity contribution in [3.05, 3.63) is 88.5 Å². The Kier molecular flexibility index (Phi) is 10.4. The van der Waals surface area contributed by atoms with Crippen molar-refractivity contribution in [2.45, 2.75) is 26.7 Å². The van der Waals surface area contributed by atoms with E-state index in [1.807, 2.05) is 0 Å². The molecule has 2 aliphatic rings. The molecule has 0 nitrogen and oxygen atoms in total. The number of hydrogen-bond acceptors (Lipinski definition) is 0. The van der Waals surface area contributed by atoms with Crippen LogP contribution in [-0.4, -0.2) is 0 Å². The van der Waals surface area contributed by atoms with Crippen molar-refractivity contribution in [2.24, 2.45) is 0 Å². The van der Waals surface area contributed by atoms with Crippen LogP contribution < -0.4 is 37.2 Å². The molecular formula is C22H19Cl3Zr. The minimum absolute atomic E-state index is 0. The van der Waals surface area contributed by atoms with Crippen LogP contribution in [0.2, 0.25) is 0 Å². The molecule has 0 spiro atoms. The summed E-state index contributed by atoms with van der Waals surface area (Å²) in [7, 11) is 0. The van der Waals surface area contributed by atoms with Crippen LogP contribution in [0, 0.1) is 6.08 Å². The van der Waals surface area contributed by atoms with Gasteiger partial charge in [-0.15, -0.1) is 22.8 Å². The first-order valence-corrected chi connectivity index (χ1v) is 7.91. The van der Waals surface area contributed by atoms with E-state index in [0.717, 1.165) is 12.8 Å². The van der Waals surface area contributed by atoms with Gasteiger partial charge in [-0.1, -0.05) is 73.5 Å². The van der Waals surface area contributed by atoms with Crippen LogP contribution in [0.1, 0.15) is 42.5 Å². The third-order valence-electron chi connectivity index (χ3n) is 4.48. The van der Waals surface area contributed by atoms with E-state index in [2.05, 4.69) is 74.5 Å². The Morgan fingerprint density at radius 3 is 2.23 bits per heavy atom. The van der Waals surface area contributed by atoms with Gasteiger partial charge < -0.3 is 37.2 Å². The maximum Gasteiger partial charge on any atom is 4.00 e. The van der Waals surface area contributed by atoms with Gasteiger partial charge in [0.25, 0.3) is 0 Å². The number of fused-ring (bicyclic) bond motifs is 3. The molecule has 4 heteroatoms. The van der Waals surface area contributed by atoms with Crippen molar-refractivity contribution in [1.29, 1.82) is 0 Å². The first kappa shape index (κ1) is 25.4. The second kappa shape index (κ2) is 10.7. The molecule has 0 saturated heterocycles. The summed E-state index contributed by atoms with van der Waals surface area (Å²) in [5.41, 5.74) is 10.9. The van der Waals surface area contributed by atoms with Crippen molar-refractivity contribution in [3.8, 4) is 11.1 Å². The second-order valence-electron chi connectivity index (χ2n) is 6.30. The fourth-order valence-electron chi connectivity index (χ4n) is 3.52. The van der Waals surface area contributed by atoms with Crippen LogP contribution in [0.5, 0.6) is 0 Å². The minimum Gasteiger partial charge on any atom is -1.00 e. The zero-order valence-corrected chi connectivity index (χ0v) is 19.5. The smallest absolute Gasteiger partial charge is 1.00 e. The Balaban J connectivity index is 0.00000156. The molecule has 0 aromatic heterocycles. The standard InChI is InChI=1S/C22H19.3ClH.Zr/c1-15(2)13-21-19(16-7-3-4-8-16)11-12-20-18-10-6-5-9-17(18)14-22(20)21;;;;/h3-7,9-12H,8,14H2,1-2H3;3*1H;/q-1;;;;+4/p-3. The molecule has 26 heavy (non-hydrogen) atoms. The third kappa shape index (κ3) is 4.63. The largest absolute Gasteiger partial charge is 4.00 e. The van der Waals surface area contributed by atoms with Gasteiger partial charge in [0.15, 0.2) is 0 Å². The molecule has 0 heterocycles. The fraction of sp³-hybridized carbons (Fsp3) is 0.182. The molecule has 0 saturated carbocycles. The minimum atomic E-state index is 0. The van der Waals surface area contributed by atoms with Crippen molar-refractivity contribution < 1.29 is 63.4 Å². The van der Waals surface area contributed by atoms with E-state index in [9.17, 15) is 0 Å². The maximum atomic E-state index is 3.63. The molecule has 0 radical (unpaired) electrons. The predicted octanol–water partition coefficient (Wildman–Crippen LogP) is -3.27. The van der Waals surface area contributed by atoms with Gasteiger partial charge in [0.05, 0.1) is 0 Å². The first-order valence-electron chi connectivity index (χ1n) is 7.91. The second-order valence-corrected chi connectivity index (χ2v) is 6.30. The van der Waals surface area contributed by atoms with E-state index in [-0.39, 0.29) is 63.4 Å². The average molecular weight is 481 g/mol. The molecule has 0 aliphatic heterocycles. The first-order chi connectivity index (χ1) is 10.7. The van der Waals surface area contributed by atoms with Gasteiger partial charge in [-0.25, -0.2) is 0 Å². The number of benzene rings is 2. The summed E-state index contributed by atoms with van der Waals surface area (Å²) in [5, 5.41) is 0. The number of halogens is 3. The number of hydrogen-bond donors (Lipinski definition) is 0. The summed E-state index contributed by atoms with van der Waals surface area (Å²) < 4.78 is 0. The van der Waals surface area contributed by atoms with Crippen LogP contribution in [-0.2, 0) is 32.6 Å². The van der Waals surface area contributed by atoms with Crippen LogP contribution >= 0.6 is 0 Å². The molecule has 2 aromatic carbocycles. The van der Waals surface area contributed by atoms with E-state index in [4.69, 9.17) is 0 Å². The monoisotopic (exact) mass is 478 g/mol. The molecular weight excluding hydrogens is 462 g/mol. The zero-order chi connectivity index (χ0) is 15.1. The Morgan fingerprint density at radius 1 is 0.885 bits per heavy atom. The molecule has 0 N–H and O–H groups in total. The molecule has 4 rings (SSSR count). The van der Waals surface area contributed by atoms with Gasteiger partial charge in [0, 0.05) is 0 Å². The molecule has 0 bridgehead atoms. The van der Waals surface area contributed by atoms with E-state index in [1.165, 1.54) is 44.5 Å². The van der Waals surface area contributed by atoms with Crippen molar-refractivity contribution in [1.82, 2.24) is 0 Å². The van der Waals surface area contributed by atoms with Crippen molar-refractivity contribution >= 4 is 5.57 Å². The van der Waals surface area contributed by atoms with Gasteiger partial charge in [0.2, 0.25) is 0 Å². The molecule has 0 unspecified atom stereocenters. The zero-order valence-electron chi connectivity index (χ0n) is 14.7. The van der Waals surface area contributed by atoms with Gasteiger partial charge in [-0.05, 0) is 24.0 Å².